The largest absolute Gasteiger partial charge is 0.351 e. The van der Waals surface area contributed by atoms with Gasteiger partial charge in [0.05, 0.1) is 0 Å². The second-order valence-corrected chi connectivity index (χ2v) is 6.07. The van der Waals surface area contributed by atoms with Crippen molar-refractivity contribution in [2.75, 3.05) is 31.9 Å². The van der Waals surface area contributed by atoms with Gasteiger partial charge in [0.1, 0.15) is 5.75 Å². The predicted molar refractivity (Wildman–Crippen MR) is 73.4 cm³/mol. The quantitative estimate of drug-likeness (QED) is 0.697. The highest BCUT2D eigenvalue weighted by Gasteiger charge is 2.24. The molecular formula is C10H22ClN3O3S. The molecule has 2 N–H and O–H groups in total. The van der Waals surface area contributed by atoms with E-state index in [0.29, 0.717) is 13.1 Å². The first kappa shape index (κ1) is 17.6. The van der Waals surface area contributed by atoms with Gasteiger partial charge in [-0.1, -0.05) is 13.8 Å². The Labute approximate surface area is 115 Å². The van der Waals surface area contributed by atoms with Crippen LogP contribution in [0.25, 0.3) is 0 Å². The summed E-state index contributed by atoms with van der Waals surface area (Å²) in [5.41, 5.74) is 0. The molecule has 1 aliphatic heterocycles. The Kier molecular flexibility index (Phi) is 7.77. The van der Waals surface area contributed by atoms with Gasteiger partial charge in [-0.15, -0.1) is 12.4 Å². The fourth-order valence-electron chi connectivity index (χ4n) is 1.92. The molecular weight excluding hydrogens is 278 g/mol. The van der Waals surface area contributed by atoms with Gasteiger partial charge in [-0.2, -0.15) is 0 Å². The first-order valence-electron chi connectivity index (χ1n) is 5.97. The molecule has 1 aliphatic rings. The van der Waals surface area contributed by atoms with E-state index in [4.69, 9.17) is 0 Å². The summed E-state index contributed by atoms with van der Waals surface area (Å²) in [6, 6.07) is 0.0643. The second-order valence-electron chi connectivity index (χ2n) is 4.10. The average molecular weight is 300 g/mol. The summed E-state index contributed by atoms with van der Waals surface area (Å²) in [7, 11) is -3.46. The minimum absolute atomic E-state index is 0. The van der Waals surface area contributed by atoms with Crippen molar-refractivity contribution < 1.29 is 13.2 Å². The maximum Gasteiger partial charge on any atom is 0.236 e. The molecule has 0 aromatic rings. The highest BCUT2D eigenvalue weighted by atomic mass is 35.5. The van der Waals surface area contributed by atoms with E-state index in [1.807, 2.05) is 0 Å². The third kappa shape index (κ3) is 5.09. The first-order chi connectivity index (χ1) is 7.99. The van der Waals surface area contributed by atoms with Crippen molar-refractivity contribution in [2.24, 2.45) is 0 Å². The Morgan fingerprint density at radius 3 is 2.44 bits per heavy atom. The molecule has 1 saturated heterocycles. The Balaban J connectivity index is 0.00000289. The normalized spacial score (nSPS) is 19.6. The topological polar surface area (TPSA) is 78.5 Å². The lowest BCUT2D eigenvalue weighted by molar-refractivity contribution is -0.119. The van der Waals surface area contributed by atoms with E-state index < -0.39 is 21.7 Å². The van der Waals surface area contributed by atoms with Gasteiger partial charge < -0.3 is 10.6 Å². The van der Waals surface area contributed by atoms with E-state index >= 15 is 0 Å². The minimum Gasteiger partial charge on any atom is -0.351 e. The molecule has 1 fully saturated rings. The van der Waals surface area contributed by atoms with Gasteiger partial charge in [0.25, 0.3) is 0 Å². The van der Waals surface area contributed by atoms with Crippen molar-refractivity contribution in [3.8, 4) is 0 Å². The maximum absolute atomic E-state index is 11.8. The highest BCUT2D eigenvalue weighted by molar-refractivity contribution is 7.89. The van der Waals surface area contributed by atoms with Crippen molar-refractivity contribution in [3.05, 3.63) is 0 Å². The number of hydrogen-bond donors (Lipinski definition) is 2. The molecule has 0 spiro atoms. The number of carbonyl (C=O) groups excluding carboxylic acids is 1. The molecule has 6 nitrogen and oxygen atoms in total. The van der Waals surface area contributed by atoms with E-state index in [2.05, 4.69) is 10.6 Å². The van der Waals surface area contributed by atoms with Crippen molar-refractivity contribution in [2.45, 2.75) is 26.3 Å². The van der Waals surface area contributed by atoms with Gasteiger partial charge >= 0.3 is 0 Å². The number of sulfonamides is 1. The number of carbonyl (C=O) groups is 1. The molecule has 18 heavy (non-hydrogen) atoms. The van der Waals surface area contributed by atoms with Crippen LogP contribution in [0.15, 0.2) is 0 Å². The van der Waals surface area contributed by atoms with E-state index in [9.17, 15) is 13.2 Å². The molecule has 0 aliphatic carbocycles. The Bertz CT molecular complexity index is 351. The molecule has 1 heterocycles. The summed E-state index contributed by atoms with van der Waals surface area (Å²) in [5.74, 6) is -0.865. The van der Waals surface area contributed by atoms with Crippen LogP contribution in [-0.2, 0) is 14.8 Å². The summed E-state index contributed by atoms with van der Waals surface area (Å²) in [6.45, 7) is 5.92. The molecule has 0 aromatic heterocycles. The fraction of sp³-hybridized carbons (Fsp3) is 0.900. The Morgan fingerprint density at radius 2 is 2.00 bits per heavy atom. The summed E-state index contributed by atoms with van der Waals surface area (Å²) in [4.78, 5) is 11.6. The molecule has 0 bridgehead atoms. The number of nitrogens with zero attached hydrogens (tertiary/aromatic N) is 1. The SMILES string of the molecule is CCN(CC)S(=O)(=O)CC(=O)NC1CCNC1.Cl. The lowest BCUT2D eigenvalue weighted by atomic mass is 10.3. The Hall–Kier alpha value is -0.370. The van der Waals surface area contributed by atoms with E-state index in [0.717, 1.165) is 19.5 Å². The zero-order valence-corrected chi connectivity index (χ0v) is 12.4. The lowest BCUT2D eigenvalue weighted by Gasteiger charge is -2.19. The number of amides is 1. The highest BCUT2D eigenvalue weighted by Crippen LogP contribution is 2.02. The zero-order valence-electron chi connectivity index (χ0n) is 10.8. The van der Waals surface area contributed by atoms with Gasteiger partial charge in [-0.05, 0) is 13.0 Å². The van der Waals surface area contributed by atoms with Gasteiger partial charge in [0, 0.05) is 25.7 Å². The number of hydrogen-bond acceptors (Lipinski definition) is 4. The average Bonchev–Trinajstić information content (AvgIpc) is 2.70. The van der Waals surface area contributed by atoms with Crippen LogP contribution in [0.5, 0.6) is 0 Å². The van der Waals surface area contributed by atoms with E-state index in [1.165, 1.54) is 4.31 Å². The van der Waals surface area contributed by atoms with Gasteiger partial charge in [0.15, 0.2) is 0 Å². The number of rotatable bonds is 6. The molecule has 1 atom stereocenters. The molecule has 1 rings (SSSR count). The van der Waals surface area contributed by atoms with Crippen molar-refractivity contribution >= 4 is 28.3 Å². The second kappa shape index (κ2) is 7.93. The minimum atomic E-state index is -3.46. The van der Waals surface area contributed by atoms with Crippen LogP contribution in [0, 0.1) is 0 Å². The van der Waals surface area contributed by atoms with Crippen LogP contribution < -0.4 is 10.6 Å². The van der Waals surface area contributed by atoms with E-state index in [-0.39, 0.29) is 18.4 Å². The van der Waals surface area contributed by atoms with Crippen LogP contribution in [0.3, 0.4) is 0 Å². The van der Waals surface area contributed by atoms with Gasteiger partial charge in [-0.3, -0.25) is 4.79 Å². The third-order valence-electron chi connectivity index (χ3n) is 2.84. The fourth-order valence-corrected chi connectivity index (χ4v) is 3.31. The summed E-state index contributed by atoms with van der Waals surface area (Å²) in [6.07, 6.45) is 0.858. The molecule has 0 radical (unpaired) electrons. The molecule has 1 unspecified atom stereocenters. The van der Waals surface area contributed by atoms with Crippen LogP contribution in [-0.4, -0.2) is 56.6 Å². The monoisotopic (exact) mass is 299 g/mol. The summed E-state index contributed by atoms with van der Waals surface area (Å²) in [5, 5.41) is 5.84. The van der Waals surface area contributed by atoms with Crippen LogP contribution in [0.4, 0.5) is 0 Å². The van der Waals surface area contributed by atoms with Crippen molar-refractivity contribution in [3.63, 3.8) is 0 Å². The molecule has 108 valence electrons. The number of nitrogens with one attached hydrogen (secondary N) is 2. The van der Waals surface area contributed by atoms with Crippen LogP contribution in [0.2, 0.25) is 0 Å². The molecule has 0 aromatic carbocycles. The standard InChI is InChI=1S/C10H21N3O3S.ClH/c1-3-13(4-2)17(15,16)8-10(14)12-9-5-6-11-7-9;/h9,11H,3-8H2,1-2H3,(H,12,14);1H. The lowest BCUT2D eigenvalue weighted by Crippen LogP contribution is -2.43. The third-order valence-corrected chi connectivity index (χ3v) is 4.77. The molecule has 1 amide bonds. The van der Waals surface area contributed by atoms with E-state index in [1.54, 1.807) is 13.8 Å². The van der Waals surface area contributed by atoms with Gasteiger partial charge in [0.2, 0.25) is 15.9 Å². The predicted octanol–water partition coefficient (Wildman–Crippen LogP) is -0.442. The number of halogens is 1. The van der Waals surface area contributed by atoms with Crippen molar-refractivity contribution in [1.82, 2.24) is 14.9 Å². The summed E-state index contributed by atoms with van der Waals surface area (Å²) < 4.78 is 25.0. The zero-order chi connectivity index (χ0) is 12.9. The van der Waals surface area contributed by atoms with Gasteiger partial charge in [-0.25, -0.2) is 12.7 Å². The molecule has 0 saturated carbocycles. The summed E-state index contributed by atoms with van der Waals surface area (Å²) >= 11 is 0. The molecule has 8 heteroatoms. The Morgan fingerprint density at radius 1 is 1.39 bits per heavy atom. The van der Waals surface area contributed by atoms with Crippen LogP contribution >= 0.6 is 12.4 Å². The first-order valence-corrected chi connectivity index (χ1v) is 7.58. The smallest absolute Gasteiger partial charge is 0.236 e. The maximum atomic E-state index is 11.8. The van der Waals surface area contributed by atoms with Crippen molar-refractivity contribution in [1.29, 1.82) is 0 Å². The van der Waals surface area contributed by atoms with Crippen LogP contribution in [0.1, 0.15) is 20.3 Å².